The van der Waals surface area contributed by atoms with Crippen molar-refractivity contribution in [1.82, 2.24) is 0 Å². The van der Waals surface area contributed by atoms with Crippen LogP contribution in [0.3, 0.4) is 0 Å². The molecule has 2 heterocycles. The van der Waals surface area contributed by atoms with Crippen molar-refractivity contribution < 1.29 is 18.9 Å². The van der Waals surface area contributed by atoms with Gasteiger partial charge in [0.05, 0.1) is 10.5 Å². The van der Waals surface area contributed by atoms with Gasteiger partial charge in [-0.05, 0) is 49.6 Å². The van der Waals surface area contributed by atoms with E-state index in [0.29, 0.717) is 11.3 Å². The average Bonchev–Trinajstić information content (AvgIpc) is 3.21. The lowest BCUT2D eigenvalue weighted by Crippen LogP contribution is -2.19. The Morgan fingerprint density at radius 2 is 1.90 bits per heavy atom. The Morgan fingerprint density at radius 3 is 2.62 bits per heavy atom. The molecule has 0 N–H and O–H groups in total. The number of nitrogens with zero attached hydrogens (tertiary/aromatic N) is 2. The fourth-order valence-electron chi connectivity index (χ4n) is 3.56. The number of esters is 1. The van der Waals surface area contributed by atoms with Crippen molar-refractivity contribution >= 4 is 28.3 Å². The van der Waals surface area contributed by atoms with Gasteiger partial charge in [0.2, 0.25) is 0 Å². The van der Waals surface area contributed by atoms with Crippen LogP contribution in [-0.2, 0) is 0 Å². The number of ether oxygens (including phenoxy) is 1. The molecule has 0 saturated carbocycles. The fourth-order valence-corrected chi connectivity index (χ4v) is 3.56. The quantitative estimate of drug-likeness (QED) is 0.218. The predicted molar refractivity (Wildman–Crippen MR) is 107 cm³/mol. The van der Waals surface area contributed by atoms with Crippen molar-refractivity contribution in [2.75, 3.05) is 18.0 Å². The van der Waals surface area contributed by atoms with Crippen LogP contribution in [-0.4, -0.2) is 24.0 Å². The van der Waals surface area contributed by atoms with Crippen LogP contribution < -0.4 is 15.3 Å². The fraction of sp³-hybridized carbons (Fsp3) is 0.238. The van der Waals surface area contributed by atoms with E-state index in [1.54, 1.807) is 25.1 Å². The standard InChI is InChI=1S/C21H18N2O6/c1-13-10-20(24)29-19-12-15(5-6-16(13)19)28-21(25)14-4-7-17(18(11-14)23(26)27)22-8-2-3-9-22/h4-7,10-12H,2-3,8-9H2,1H3. The van der Waals surface area contributed by atoms with Gasteiger partial charge in [0.15, 0.2) is 0 Å². The summed E-state index contributed by atoms with van der Waals surface area (Å²) in [6.07, 6.45) is 1.97. The lowest BCUT2D eigenvalue weighted by Gasteiger charge is -2.17. The summed E-state index contributed by atoms with van der Waals surface area (Å²) in [6.45, 7) is 3.30. The summed E-state index contributed by atoms with van der Waals surface area (Å²) in [5.41, 5.74) is 1.02. The molecule has 0 amide bonds. The smallest absolute Gasteiger partial charge is 0.343 e. The van der Waals surface area contributed by atoms with Crippen LogP contribution in [0.5, 0.6) is 5.75 Å². The van der Waals surface area contributed by atoms with Crippen molar-refractivity contribution in [3.8, 4) is 5.75 Å². The van der Waals surface area contributed by atoms with Crippen LogP contribution >= 0.6 is 0 Å². The summed E-state index contributed by atoms with van der Waals surface area (Å²) in [6, 6.07) is 10.5. The van der Waals surface area contributed by atoms with Crippen molar-refractivity contribution in [2.45, 2.75) is 19.8 Å². The van der Waals surface area contributed by atoms with E-state index in [1.165, 1.54) is 24.3 Å². The number of aryl methyl sites for hydroxylation is 1. The average molecular weight is 394 g/mol. The van der Waals surface area contributed by atoms with Crippen LogP contribution in [0.15, 0.2) is 51.7 Å². The Labute approximate surface area is 165 Å². The lowest BCUT2D eigenvalue weighted by atomic mass is 10.1. The second kappa shape index (κ2) is 7.38. The zero-order valence-electron chi connectivity index (χ0n) is 15.7. The van der Waals surface area contributed by atoms with Gasteiger partial charge in [0.25, 0.3) is 5.69 Å². The molecule has 148 valence electrons. The lowest BCUT2D eigenvalue weighted by molar-refractivity contribution is -0.384. The highest BCUT2D eigenvalue weighted by Crippen LogP contribution is 2.32. The van der Waals surface area contributed by atoms with Crippen LogP contribution in [0.1, 0.15) is 28.8 Å². The summed E-state index contributed by atoms with van der Waals surface area (Å²) in [4.78, 5) is 37.1. The summed E-state index contributed by atoms with van der Waals surface area (Å²) in [5, 5.41) is 12.2. The van der Waals surface area contributed by atoms with Gasteiger partial charge in [-0.25, -0.2) is 9.59 Å². The maximum absolute atomic E-state index is 12.5. The van der Waals surface area contributed by atoms with E-state index < -0.39 is 16.5 Å². The topological polar surface area (TPSA) is 103 Å². The number of carbonyl (C=O) groups excluding carboxylic acids is 1. The molecule has 0 spiro atoms. The van der Waals surface area contributed by atoms with E-state index in [4.69, 9.17) is 9.15 Å². The molecule has 0 atom stereocenters. The summed E-state index contributed by atoms with van der Waals surface area (Å²) < 4.78 is 10.5. The second-order valence-corrected chi connectivity index (χ2v) is 6.95. The molecular weight excluding hydrogens is 376 g/mol. The zero-order chi connectivity index (χ0) is 20.5. The van der Waals surface area contributed by atoms with Crippen molar-refractivity contribution in [1.29, 1.82) is 0 Å². The maximum atomic E-state index is 12.5. The van der Waals surface area contributed by atoms with Crippen LogP contribution in [0, 0.1) is 17.0 Å². The van der Waals surface area contributed by atoms with Crippen LogP contribution in [0.2, 0.25) is 0 Å². The Kier molecular flexibility index (Phi) is 4.75. The molecule has 1 aliphatic rings. The number of benzene rings is 2. The molecule has 0 unspecified atom stereocenters. The molecule has 1 saturated heterocycles. The molecule has 1 aliphatic heterocycles. The molecule has 29 heavy (non-hydrogen) atoms. The largest absolute Gasteiger partial charge is 0.423 e. The first-order valence-corrected chi connectivity index (χ1v) is 9.22. The number of nitro groups is 1. The Balaban J connectivity index is 1.63. The summed E-state index contributed by atoms with van der Waals surface area (Å²) in [7, 11) is 0. The van der Waals surface area contributed by atoms with E-state index >= 15 is 0 Å². The van der Waals surface area contributed by atoms with Crippen molar-refractivity contribution in [3.05, 3.63) is 74.1 Å². The van der Waals surface area contributed by atoms with Gasteiger partial charge in [0.1, 0.15) is 17.0 Å². The zero-order valence-corrected chi connectivity index (χ0v) is 15.7. The highest BCUT2D eigenvalue weighted by molar-refractivity contribution is 5.93. The van der Waals surface area contributed by atoms with E-state index in [9.17, 15) is 19.7 Å². The van der Waals surface area contributed by atoms with Crippen molar-refractivity contribution in [2.24, 2.45) is 0 Å². The third-order valence-corrected chi connectivity index (χ3v) is 4.99. The molecule has 0 radical (unpaired) electrons. The van der Waals surface area contributed by atoms with Crippen molar-refractivity contribution in [3.63, 3.8) is 0 Å². The molecule has 2 aromatic carbocycles. The second-order valence-electron chi connectivity index (χ2n) is 6.95. The van der Waals surface area contributed by atoms with Gasteiger partial charge in [-0.2, -0.15) is 0 Å². The van der Waals surface area contributed by atoms with E-state index in [2.05, 4.69) is 0 Å². The molecule has 1 fully saturated rings. The summed E-state index contributed by atoms with van der Waals surface area (Å²) >= 11 is 0. The number of hydrogen-bond donors (Lipinski definition) is 0. The minimum absolute atomic E-state index is 0.0745. The summed E-state index contributed by atoms with van der Waals surface area (Å²) in [5.74, 6) is -0.544. The molecule has 0 aliphatic carbocycles. The number of hydrogen-bond acceptors (Lipinski definition) is 7. The van der Waals surface area contributed by atoms with Gasteiger partial charge in [-0.15, -0.1) is 0 Å². The number of anilines is 1. The molecule has 8 heteroatoms. The normalized spacial score (nSPS) is 13.6. The molecule has 0 bridgehead atoms. The monoisotopic (exact) mass is 394 g/mol. The molecular formula is C21H18N2O6. The van der Waals surface area contributed by atoms with Gasteiger partial charge in [-0.3, -0.25) is 10.1 Å². The molecule has 3 aromatic rings. The molecule has 8 nitrogen and oxygen atoms in total. The first-order valence-electron chi connectivity index (χ1n) is 9.22. The predicted octanol–water partition coefficient (Wildman–Crippen LogP) is 3.83. The van der Waals surface area contributed by atoms with Crippen LogP contribution in [0.4, 0.5) is 11.4 Å². The third kappa shape index (κ3) is 3.69. The van der Waals surface area contributed by atoms with Crippen LogP contribution in [0.25, 0.3) is 11.0 Å². The SMILES string of the molecule is Cc1cc(=O)oc2cc(OC(=O)c3ccc(N4CCCC4)c([N+](=O)[O-])c3)ccc12. The molecule has 4 rings (SSSR count). The minimum Gasteiger partial charge on any atom is -0.423 e. The van der Waals surface area contributed by atoms with Gasteiger partial charge in [-0.1, -0.05) is 0 Å². The Hall–Kier alpha value is -3.68. The van der Waals surface area contributed by atoms with Gasteiger partial charge >= 0.3 is 11.6 Å². The Bertz CT molecular complexity index is 1180. The maximum Gasteiger partial charge on any atom is 0.343 e. The first-order chi connectivity index (χ1) is 13.9. The highest BCUT2D eigenvalue weighted by atomic mass is 16.6. The van der Waals surface area contributed by atoms with E-state index in [-0.39, 0.29) is 17.0 Å². The van der Waals surface area contributed by atoms with Gasteiger partial charge < -0.3 is 14.1 Å². The van der Waals surface area contributed by atoms with E-state index in [1.807, 2.05) is 4.90 Å². The number of carbonyl (C=O) groups is 1. The number of nitro benzene ring substituents is 1. The molecule has 1 aromatic heterocycles. The minimum atomic E-state index is -0.726. The third-order valence-electron chi connectivity index (χ3n) is 4.99. The Morgan fingerprint density at radius 1 is 1.14 bits per heavy atom. The first kappa shape index (κ1) is 18.7. The number of rotatable bonds is 4. The van der Waals surface area contributed by atoms with Gasteiger partial charge in [0, 0.05) is 36.7 Å². The highest BCUT2D eigenvalue weighted by Gasteiger charge is 2.24. The number of fused-ring (bicyclic) bond motifs is 1. The van der Waals surface area contributed by atoms with E-state index in [0.717, 1.165) is 36.9 Å².